The van der Waals surface area contributed by atoms with Crippen molar-refractivity contribution in [2.24, 2.45) is 5.92 Å². The van der Waals surface area contributed by atoms with E-state index in [2.05, 4.69) is 4.98 Å². The highest BCUT2D eigenvalue weighted by atomic mass is 33.1. The summed E-state index contributed by atoms with van der Waals surface area (Å²) in [5.41, 5.74) is 0.990. The predicted molar refractivity (Wildman–Crippen MR) is 139 cm³/mol. The molecule has 2 aromatic carbocycles. The van der Waals surface area contributed by atoms with Crippen molar-refractivity contribution >= 4 is 59.4 Å². The smallest absolute Gasteiger partial charge is 0.351 e. The molecule has 190 valence electrons. The number of hydrogen-bond donors (Lipinski definition) is 1. The van der Waals surface area contributed by atoms with E-state index in [1.54, 1.807) is 59.5 Å². The molecule has 9 nitrogen and oxygen atoms in total. The van der Waals surface area contributed by atoms with Crippen LogP contribution in [0.25, 0.3) is 10.9 Å². The number of aromatic nitrogens is 2. The number of rotatable bonds is 5. The number of nitrogens with zero attached hydrogens (tertiary/aromatic N) is 2. The number of Topliss-reactive ketones (excluding diaryl/α,β-unsaturated/α-hetero) is 1. The SMILES string of the molecule is O=C([O-])C(=O)O.O=C(c1cn(S(=O)(=O)c2ccccc2)c2ccccc12)C1CS[S+](c2cccnc2)C1. The minimum absolute atomic E-state index is 0.00426. The van der Waals surface area contributed by atoms with Gasteiger partial charge in [-0.3, -0.25) is 9.78 Å². The normalized spacial score (nSPS) is 17.1. The molecule has 4 aromatic rings. The molecule has 0 amide bonds. The molecule has 0 saturated carbocycles. The van der Waals surface area contributed by atoms with Gasteiger partial charge in [0.2, 0.25) is 0 Å². The maximum Gasteiger partial charge on any atom is 0.351 e. The van der Waals surface area contributed by atoms with Crippen molar-refractivity contribution in [3.05, 3.63) is 90.9 Å². The van der Waals surface area contributed by atoms with Crippen molar-refractivity contribution in [1.29, 1.82) is 0 Å². The Morgan fingerprint density at radius 3 is 2.35 bits per heavy atom. The first-order valence-electron chi connectivity index (χ1n) is 10.8. The van der Waals surface area contributed by atoms with Crippen LogP contribution in [-0.4, -0.2) is 51.7 Å². The molecule has 2 aromatic heterocycles. The molecule has 1 N–H and O–H groups in total. The van der Waals surface area contributed by atoms with Gasteiger partial charge in [0.1, 0.15) is 5.75 Å². The van der Waals surface area contributed by atoms with E-state index in [0.717, 1.165) is 16.4 Å². The summed E-state index contributed by atoms with van der Waals surface area (Å²) >= 11 is 0. The van der Waals surface area contributed by atoms with Crippen LogP contribution in [0.15, 0.2) is 95.1 Å². The van der Waals surface area contributed by atoms with Crippen LogP contribution >= 0.6 is 10.8 Å². The number of carbonyl (C=O) groups excluding carboxylic acids is 2. The number of hydrogen-bond acceptors (Lipinski definition) is 8. The molecule has 0 spiro atoms. The highest BCUT2D eigenvalue weighted by Gasteiger charge is 2.42. The largest absolute Gasteiger partial charge is 0.539 e. The molecule has 1 aliphatic rings. The lowest BCUT2D eigenvalue weighted by Gasteiger charge is -2.07. The van der Waals surface area contributed by atoms with E-state index in [9.17, 15) is 13.2 Å². The molecular weight excluding hydrogens is 536 g/mol. The second-order valence-electron chi connectivity index (χ2n) is 7.81. The highest BCUT2D eigenvalue weighted by molar-refractivity contribution is 8.74. The molecule has 12 heteroatoms. The maximum atomic E-state index is 13.5. The second kappa shape index (κ2) is 11.2. The van der Waals surface area contributed by atoms with Gasteiger partial charge in [-0.25, -0.2) is 17.2 Å². The maximum absolute atomic E-state index is 13.5. The lowest BCUT2D eigenvalue weighted by molar-refractivity contribution is -0.303. The molecule has 2 unspecified atom stereocenters. The van der Waals surface area contributed by atoms with Gasteiger partial charge in [0, 0.05) is 23.3 Å². The number of pyridine rings is 1. The summed E-state index contributed by atoms with van der Waals surface area (Å²) in [4.78, 5) is 37.1. The summed E-state index contributed by atoms with van der Waals surface area (Å²) in [6.45, 7) is 0. The third-order valence-corrected chi connectivity index (χ3v) is 11.7. The number of carbonyl (C=O) groups is 3. The Kier molecular flexibility index (Phi) is 8.00. The van der Waals surface area contributed by atoms with Crippen molar-refractivity contribution in [3.8, 4) is 0 Å². The van der Waals surface area contributed by atoms with Gasteiger partial charge in [0.05, 0.1) is 49.0 Å². The standard InChI is InChI=1S/C23H19N2O3S3.C2H2O4/c26-23(17-15-29-30(16-17)18-7-6-12-24-13-18)21-14-25(22-11-5-4-10-20(21)22)31(27,28)19-8-2-1-3-9-19;3-1(4)2(5)6/h1-14,17H,15-16H2;(H,3,4)(H,5,6)/q+1;/p-1. The summed E-state index contributed by atoms with van der Waals surface area (Å²) in [7, 11) is -2.10. The predicted octanol–water partition coefficient (Wildman–Crippen LogP) is 2.23. The van der Waals surface area contributed by atoms with Crippen LogP contribution in [0.2, 0.25) is 0 Å². The molecule has 1 saturated heterocycles. The van der Waals surface area contributed by atoms with E-state index in [4.69, 9.17) is 19.8 Å². The van der Waals surface area contributed by atoms with Crippen molar-refractivity contribution in [2.75, 3.05) is 11.5 Å². The van der Waals surface area contributed by atoms with E-state index >= 15 is 0 Å². The van der Waals surface area contributed by atoms with E-state index in [1.165, 1.54) is 10.2 Å². The average Bonchev–Trinajstić information content (AvgIpc) is 3.56. The van der Waals surface area contributed by atoms with Crippen LogP contribution in [0.3, 0.4) is 0 Å². The Morgan fingerprint density at radius 2 is 1.70 bits per heavy atom. The summed E-state index contributed by atoms with van der Waals surface area (Å²) in [5, 5.41) is 17.0. The van der Waals surface area contributed by atoms with Crippen molar-refractivity contribution < 1.29 is 33.0 Å². The van der Waals surface area contributed by atoms with Gasteiger partial charge < -0.3 is 15.0 Å². The van der Waals surface area contributed by atoms with Crippen LogP contribution in [-0.2, 0) is 29.5 Å². The Hall–Kier alpha value is -3.61. The lowest BCUT2D eigenvalue weighted by Crippen LogP contribution is -2.30. The highest BCUT2D eigenvalue weighted by Crippen LogP contribution is 2.38. The van der Waals surface area contributed by atoms with E-state index in [-0.39, 0.29) is 26.5 Å². The first-order chi connectivity index (χ1) is 17.7. The van der Waals surface area contributed by atoms with Gasteiger partial charge in [-0.15, -0.1) is 0 Å². The molecule has 0 aliphatic carbocycles. The zero-order valence-corrected chi connectivity index (χ0v) is 21.5. The minimum atomic E-state index is -3.80. The van der Waals surface area contributed by atoms with Crippen LogP contribution in [0.4, 0.5) is 0 Å². The topological polar surface area (TPSA) is 146 Å². The van der Waals surface area contributed by atoms with Crippen LogP contribution in [0.5, 0.6) is 0 Å². The van der Waals surface area contributed by atoms with Crippen LogP contribution in [0.1, 0.15) is 10.4 Å². The minimum Gasteiger partial charge on any atom is -0.539 e. The van der Waals surface area contributed by atoms with E-state index < -0.39 is 22.0 Å². The zero-order valence-electron chi connectivity index (χ0n) is 19.1. The van der Waals surface area contributed by atoms with Crippen molar-refractivity contribution in [3.63, 3.8) is 0 Å². The summed E-state index contributed by atoms with van der Waals surface area (Å²) in [6, 6.07) is 19.5. The average molecular weight is 557 g/mol. The van der Waals surface area contributed by atoms with Gasteiger partial charge in [0.25, 0.3) is 10.0 Å². The Labute approximate surface area is 219 Å². The number of benzene rings is 2. The van der Waals surface area contributed by atoms with E-state index in [0.29, 0.717) is 16.5 Å². The number of fused-ring (bicyclic) bond motifs is 1. The molecule has 0 radical (unpaired) electrons. The molecule has 5 rings (SSSR count). The first kappa shape index (κ1) is 26.5. The third-order valence-electron chi connectivity index (χ3n) is 5.45. The van der Waals surface area contributed by atoms with Crippen molar-refractivity contribution in [2.45, 2.75) is 9.79 Å². The molecular formula is C25H20N2O7S3. The second-order valence-corrected chi connectivity index (χ2v) is 13.6. The number of ketones is 1. The van der Waals surface area contributed by atoms with Crippen molar-refractivity contribution in [1.82, 2.24) is 8.96 Å². The Morgan fingerprint density at radius 1 is 1.03 bits per heavy atom. The van der Waals surface area contributed by atoms with E-state index in [1.807, 2.05) is 30.5 Å². The molecule has 37 heavy (non-hydrogen) atoms. The summed E-state index contributed by atoms with van der Waals surface area (Å²) in [5.74, 6) is -2.68. The third kappa shape index (κ3) is 5.71. The molecule has 1 aliphatic heterocycles. The fraction of sp³-hybridized carbons (Fsp3) is 0.120. The molecule has 1 fully saturated rings. The Bertz CT molecular complexity index is 1540. The monoisotopic (exact) mass is 556 g/mol. The van der Waals surface area contributed by atoms with Crippen LogP contribution < -0.4 is 5.11 Å². The summed E-state index contributed by atoms with van der Waals surface area (Å²) in [6.07, 6.45) is 5.11. The van der Waals surface area contributed by atoms with Gasteiger partial charge in [-0.1, -0.05) is 36.4 Å². The number of aliphatic carboxylic acids is 2. The number of carboxylic acids is 2. The lowest BCUT2D eigenvalue weighted by atomic mass is 10.0. The van der Waals surface area contributed by atoms with Crippen LogP contribution in [0, 0.1) is 5.92 Å². The summed E-state index contributed by atoms with van der Waals surface area (Å²) < 4.78 is 27.8. The zero-order chi connectivity index (χ0) is 26.6. The molecule has 0 bridgehead atoms. The van der Waals surface area contributed by atoms with Gasteiger partial charge in [0.15, 0.2) is 16.6 Å². The first-order valence-corrected chi connectivity index (χ1v) is 15.2. The number of para-hydroxylation sites is 1. The molecule has 2 atom stereocenters. The number of carboxylic acid groups (broad SMARTS) is 2. The fourth-order valence-corrected chi connectivity index (χ4v) is 9.79. The Balaban J connectivity index is 0.000000480. The van der Waals surface area contributed by atoms with Gasteiger partial charge in [-0.2, -0.15) is 0 Å². The molecule has 3 heterocycles. The van der Waals surface area contributed by atoms with Gasteiger partial charge in [-0.05, 0) is 30.3 Å². The van der Waals surface area contributed by atoms with Gasteiger partial charge >= 0.3 is 5.97 Å². The quantitative estimate of drug-likeness (QED) is 0.169. The fourth-order valence-electron chi connectivity index (χ4n) is 3.71.